The largest absolute Gasteiger partial charge is 0.481 e. The molecule has 0 spiro atoms. The van der Waals surface area contributed by atoms with Crippen molar-refractivity contribution in [3.8, 4) is 0 Å². The van der Waals surface area contributed by atoms with Crippen LogP contribution in [0.2, 0.25) is 0 Å². The van der Waals surface area contributed by atoms with Gasteiger partial charge in [-0.25, -0.2) is 9.78 Å². The third-order valence-corrected chi connectivity index (χ3v) is 5.00. The Bertz CT molecular complexity index is 873. The van der Waals surface area contributed by atoms with E-state index in [0.29, 0.717) is 5.69 Å². The molecule has 1 aromatic heterocycles. The number of hydrogen-bond donors (Lipinski definition) is 8. The summed E-state index contributed by atoms with van der Waals surface area (Å²) in [5, 5.41) is 35.3. The highest BCUT2D eigenvalue weighted by molar-refractivity contribution is 5.94. The second-order valence-corrected chi connectivity index (χ2v) is 8.64. The molecule has 1 heterocycles. The van der Waals surface area contributed by atoms with Crippen LogP contribution in [0.4, 0.5) is 0 Å². The SMILES string of the molecule is CC(C)CC(NC(=O)C(NC(=O)C(Cc1cnc[nH]1)NC(=O)C(N)CCC(=O)O)C(C)O)C(=O)O. The molecule has 35 heavy (non-hydrogen) atoms. The third-order valence-electron chi connectivity index (χ3n) is 5.00. The zero-order valence-corrected chi connectivity index (χ0v) is 19.9. The smallest absolute Gasteiger partial charge is 0.326 e. The Hall–Kier alpha value is -3.52. The summed E-state index contributed by atoms with van der Waals surface area (Å²) in [6.45, 7) is 4.80. The number of aromatic amines is 1. The quantitative estimate of drug-likeness (QED) is 0.134. The number of aromatic nitrogens is 2. The summed E-state index contributed by atoms with van der Waals surface area (Å²) in [6.07, 6.45) is 0.920. The van der Waals surface area contributed by atoms with Crippen LogP contribution < -0.4 is 21.7 Å². The number of nitrogens with one attached hydrogen (secondary N) is 4. The van der Waals surface area contributed by atoms with E-state index in [4.69, 9.17) is 10.8 Å². The summed E-state index contributed by atoms with van der Waals surface area (Å²) in [5.74, 6) is -4.99. The molecule has 14 heteroatoms. The first kappa shape index (κ1) is 29.5. The number of carboxylic acids is 2. The van der Waals surface area contributed by atoms with Gasteiger partial charge < -0.3 is 42.0 Å². The molecule has 0 saturated heterocycles. The molecule has 3 amide bonds. The molecule has 0 aromatic carbocycles. The predicted octanol–water partition coefficient (Wildman–Crippen LogP) is -1.89. The van der Waals surface area contributed by atoms with Gasteiger partial charge in [0.2, 0.25) is 17.7 Å². The van der Waals surface area contributed by atoms with Gasteiger partial charge in [-0.3, -0.25) is 19.2 Å². The van der Waals surface area contributed by atoms with Crippen molar-refractivity contribution in [2.45, 2.75) is 76.7 Å². The molecule has 196 valence electrons. The molecule has 0 saturated carbocycles. The molecule has 14 nitrogen and oxygen atoms in total. The minimum absolute atomic E-state index is 0.0460. The molecular weight excluding hydrogens is 464 g/mol. The van der Waals surface area contributed by atoms with Crippen LogP contribution in [-0.4, -0.2) is 85.2 Å². The summed E-state index contributed by atoms with van der Waals surface area (Å²) in [5.41, 5.74) is 6.18. The summed E-state index contributed by atoms with van der Waals surface area (Å²) in [4.78, 5) is 67.0. The first-order valence-corrected chi connectivity index (χ1v) is 11.1. The predicted molar refractivity (Wildman–Crippen MR) is 122 cm³/mol. The minimum Gasteiger partial charge on any atom is -0.481 e. The first-order chi connectivity index (χ1) is 16.3. The van der Waals surface area contributed by atoms with Gasteiger partial charge in [-0.1, -0.05) is 13.8 Å². The van der Waals surface area contributed by atoms with Gasteiger partial charge in [0.15, 0.2) is 0 Å². The standard InChI is InChI=1S/C21H34N6O8/c1-10(2)6-15(21(34)35)26-20(33)17(11(3)28)27-19(32)14(7-12-8-23-9-24-12)25-18(31)13(22)4-5-16(29)30/h8-11,13-15,17,28H,4-7,22H2,1-3H3,(H,23,24)(H,25,31)(H,26,33)(H,27,32)(H,29,30)(H,34,35). The average Bonchev–Trinajstić information content (AvgIpc) is 3.26. The van der Waals surface area contributed by atoms with Gasteiger partial charge in [0, 0.05) is 24.7 Å². The zero-order chi connectivity index (χ0) is 26.7. The number of carboxylic acid groups (broad SMARTS) is 2. The van der Waals surface area contributed by atoms with E-state index < -0.39 is 59.9 Å². The number of aliphatic hydroxyl groups is 1. The van der Waals surface area contributed by atoms with E-state index >= 15 is 0 Å². The molecule has 1 aromatic rings. The molecular formula is C21H34N6O8. The van der Waals surface area contributed by atoms with Gasteiger partial charge in [-0.2, -0.15) is 0 Å². The fourth-order valence-corrected chi connectivity index (χ4v) is 3.13. The number of rotatable bonds is 15. The second kappa shape index (κ2) is 14.0. The molecule has 0 aliphatic carbocycles. The second-order valence-electron chi connectivity index (χ2n) is 8.64. The number of aliphatic carboxylic acids is 2. The van der Waals surface area contributed by atoms with Crippen molar-refractivity contribution in [2.24, 2.45) is 11.7 Å². The monoisotopic (exact) mass is 498 g/mol. The Balaban J connectivity index is 3.00. The van der Waals surface area contributed by atoms with Crippen LogP contribution in [0.25, 0.3) is 0 Å². The maximum absolute atomic E-state index is 13.0. The van der Waals surface area contributed by atoms with Crippen LogP contribution >= 0.6 is 0 Å². The Labute approximate surface area is 202 Å². The van der Waals surface area contributed by atoms with Crippen molar-refractivity contribution in [3.63, 3.8) is 0 Å². The zero-order valence-electron chi connectivity index (χ0n) is 19.9. The minimum atomic E-state index is -1.52. The fraction of sp³-hybridized carbons (Fsp3) is 0.619. The maximum Gasteiger partial charge on any atom is 0.326 e. The van der Waals surface area contributed by atoms with Crippen molar-refractivity contribution in [1.29, 1.82) is 0 Å². The van der Waals surface area contributed by atoms with E-state index in [1.165, 1.54) is 19.4 Å². The van der Waals surface area contributed by atoms with Crippen LogP contribution in [0, 0.1) is 5.92 Å². The lowest BCUT2D eigenvalue weighted by atomic mass is 10.0. The van der Waals surface area contributed by atoms with Crippen LogP contribution in [0.1, 0.15) is 45.7 Å². The van der Waals surface area contributed by atoms with Gasteiger partial charge in [0.1, 0.15) is 18.1 Å². The molecule has 9 N–H and O–H groups in total. The number of imidazole rings is 1. The van der Waals surface area contributed by atoms with Gasteiger partial charge in [0.25, 0.3) is 0 Å². The number of H-pyrrole nitrogens is 1. The normalized spacial score (nSPS) is 15.4. The van der Waals surface area contributed by atoms with Crippen LogP contribution in [0.5, 0.6) is 0 Å². The number of nitrogens with two attached hydrogens (primary N) is 1. The fourth-order valence-electron chi connectivity index (χ4n) is 3.13. The molecule has 0 aliphatic rings. The summed E-state index contributed by atoms with van der Waals surface area (Å²) in [7, 11) is 0. The lowest BCUT2D eigenvalue weighted by Gasteiger charge is -2.26. The summed E-state index contributed by atoms with van der Waals surface area (Å²) < 4.78 is 0. The van der Waals surface area contributed by atoms with Gasteiger partial charge in [0.05, 0.1) is 18.5 Å². The first-order valence-electron chi connectivity index (χ1n) is 11.1. The number of carbonyl (C=O) groups excluding carboxylic acids is 3. The van der Waals surface area contributed by atoms with Crippen LogP contribution in [0.3, 0.4) is 0 Å². The number of carbonyl (C=O) groups is 5. The number of hydrogen-bond acceptors (Lipinski definition) is 8. The van der Waals surface area contributed by atoms with Gasteiger partial charge >= 0.3 is 11.9 Å². The van der Waals surface area contributed by atoms with E-state index in [-0.39, 0.29) is 31.6 Å². The van der Waals surface area contributed by atoms with E-state index in [1.54, 1.807) is 13.8 Å². The molecule has 0 fully saturated rings. The topological polar surface area (TPSA) is 237 Å². The lowest BCUT2D eigenvalue weighted by Crippen LogP contribution is -2.60. The van der Waals surface area contributed by atoms with Gasteiger partial charge in [-0.05, 0) is 25.7 Å². The molecule has 0 aliphatic heterocycles. The Morgan fingerprint density at radius 2 is 1.63 bits per heavy atom. The highest BCUT2D eigenvalue weighted by atomic mass is 16.4. The highest BCUT2D eigenvalue weighted by Gasteiger charge is 2.33. The maximum atomic E-state index is 13.0. The lowest BCUT2D eigenvalue weighted by molar-refractivity contribution is -0.143. The number of nitrogens with zero attached hydrogens (tertiary/aromatic N) is 1. The van der Waals surface area contributed by atoms with Crippen molar-refractivity contribution in [2.75, 3.05) is 0 Å². The summed E-state index contributed by atoms with van der Waals surface area (Å²) >= 11 is 0. The van der Waals surface area contributed by atoms with Crippen molar-refractivity contribution >= 4 is 29.7 Å². The number of amides is 3. The van der Waals surface area contributed by atoms with E-state index in [1.807, 2.05) is 0 Å². The van der Waals surface area contributed by atoms with E-state index in [9.17, 15) is 34.2 Å². The van der Waals surface area contributed by atoms with Crippen molar-refractivity contribution < 1.29 is 39.3 Å². The van der Waals surface area contributed by atoms with E-state index in [2.05, 4.69) is 25.9 Å². The Morgan fingerprint density at radius 1 is 1.00 bits per heavy atom. The Morgan fingerprint density at radius 3 is 2.11 bits per heavy atom. The molecule has 1 rings (SSSR count). The summed E-state index contributed by atoms with van der Waals surface area (Å²) in [6, 6.07) is -5.21. The van der Waals surface area contributed by atoms with E-state index in [0.717, 1.165) is 0 Å². The third kappa shape index (κ3) is 10.5. The Kier molecular flexibility index (Phi) is 11.8. The van der Waals surface area contributed by atoms with Crippen molar-refractivity contribution in [3.05, 3.63) is 18.2 Å². The average molecular weight is 499 g/mol. The van der Waals surface area contributed by atoms with Crippen LogP contribution in [0.15, 0.2) is 12.5 Å². The molecule has 0 bridgehead atoms. The highest BCUT2D eigenvalue weighted by Crippen LogP contribution is 2.07. The molecule has 0 radical (unpaired) electrons. The number of aliphatic hydroxyl groups excluding tert-OH is 1. The van der Waals surface area contributed by atoms with Crippen molar-refractivity contribution in [1.82, 2.24) is 25.9 Å². The molecule has 5 unspecified atom stereocenters. The molecule has 5 atom stereocenters. The van der Waals surface area contributed by atoms with Gasteiger partial charge in [-0.15, -0.1) is 0 Å². The van der Waals surface area contributed by atoms with Crippen LogP contribution in [-0.2, 0) is 30.4 Å².